The van der Waals surface area contributed by atoms with Crippen molar-refractivity contribution in [2.24, 2.45) is 0 Å². The molecule has 1 aliphatic carbocycles. The third-order valence-corrected chi connectivity index (χ3v) is 3.86. The van der Waals surface area contributed by atoms with E-state index in [-0.39, 0.29) is 18.1 Å². The maximum absolute atomic E-state index is 12.2. The fourth-order valence-corrected chi connectivity index (χ4v) is 2.60. The van der Waals surface area contributed by atoms with Crippen molar-refractivity contribution in [3.05, 3.63) is 60.2 Å². The van der Waals surface area contributed by atoms with Gasteiger partial charge in [0.1, 0.15) is 11.5 Å². The zero-order valence-electron chi connectivity index (χ0n) is 12.5. The quantitative estimate of drug-likeness (QED) is 0.892. The highest BCUT2D eigenvalue weighted by Gasteiger charge is 2.47. The molecule has 2 aromatic rings. The van der Waals surface area contributed by atoms with Crippen LogP contribution in [-0.2, 0) is 10.3 Å². The van der Waals surface area contributed by atoms with Crippen molar-refractivity contribution in [2.75, 3.05) is 13.7 Å². The molecule has 1 N–H and O–H groups in total. The number of benzene rings is 2. The molecule has 0 unspecified atom stereocenters. The molecule has 0 heterocycles. The van der Waals surface area contributed by atoms with Gasteiger partial charge in [0, 0.05) is 5.56 Å². The van der Waals surface area contributed by atoms with Gasteiger partial charge in [-0.1, -0.05) is 36.4 Å². The Morgan fingerprint density at radius 3 is 2.45 bits per heavy atom. The van der Waals surface area contributed by atoms with Crippen molar-refractivity contribution in [2.45, 2.75) is 18.4 Å². The van der Waals surface area contributed by atoms with Crippen molar-refractivity contribution < 1.29 is 14.3 Å². The van der Waals surface area contributed by atoms with Crippen LogP contribution < -0.4 is 14.8 Å². The van der Waals surface area contributed by atoms with Gasteiger partial charge in [-0.15, -0.1) is 0 Å². The van der Waals surface area contributed by atoms with Crippen LogP contribution in [0.4, 0.5) is 0 Å². The smallest absolute Gasteiger partial charge is 0.258 e. The van der Waals surface area contributed by atoms with E-state index in [4.69, 9.17) is 9.47 Å². The Morgan fingerprint density at radius 1 is 1.09 bits per heavy atom. The van der Waals surface area contributed by atoms with Gasteiger partial charge in [0.2, 0.25) is 0 Å². The second kappa shape index (κ2) is 6.10. The van der Waals surface area contributed by atoms with Crippen LogP contribution in [0.25, 0.3) is 0 Å². The van der Waals surface area contributed by atoms with Crippen LogP contribution in [0.1, 0.15) is 18.4 Å². The summed E-state index contributed by atoms with van der Waals surface area (Å²) >= 11 is 0. The second-order valence-corrected chi connectivity index (χ2v) is 5.43. The van der Waals surface area contributed by atoms with E-state index in [9.17, 15) is 4.79 Å². The Labute approximate surface area is 130 Å². The molecule has 22 heavy (non-hydrogen) atoms. The van der Waals surface area contributed by atoms with E-state index in [0.29, 0.717) is 5.75 Å². The van der Waals surface area contributed by atoms with Crippen molar-refractivity contribution in [1.29, 1.82) is 0 Å². The number of hydrogen-bond donors (Lipinski definition) is 1. The van der Waals surface area contributed by atoms with E-state index in [1.807, 2.05) is 54.6 Å². The molecular weight excluding hydrogens is 278 g/mol. The monoisotopic (exact) mass is 297 g/mol. The summed E-state index contributed by atoms with van der Waals surface area (Å²) in [7, 11) is 1.65. The molecule has 2 aromatic carbocycles. The number of amides is 1. The van der Waals surface area contributed by atoms with Gasteiger partial charge in [0.05, 0.1) is 12.6 Å². The molecule has 4 heteroatoms. The standard InChI is InChI=1S/C18H19NO3/c1-21-16-10-6-5-9-15(16)18(11-12-18)19-17(20)13-22-14-7-3-2-4-8-14/h2-10H,11-13H2,1H3,(H,19,20). The van der Waals surface area contributed by atoms with Crippen LogP contribution in [0.3, 0.4) is 0 Å². The van der Waals surface area contributed by atoms with Gasteiger partial charge in [-0.3, -0.25) is 4.79 Å². The Hall–Kier alpha value is -2.49. The summed E-state index contributed by atoms with van der Waals surface area (Å²) in [5.74, 6) is 1.39. The first-order chi connectivity index (χ1) is 10.7. The lowest BCUT2D eigenvalue weighted by molar-refractivity contribution is -0.124. The molecule has 114 valence electrons. The summed E-state index contributed by atoms with van der Waals surface area (Å²) in [5.41, 5.74) is 0.731. The Kier molecular flexibility index (Phi) is 4.00. The largest absolute Gasteiger partial charge is 0.496 e. The summed E-state index contributed by atoms with van der Waals surface area (Å²) in [6.45, 7) is 0.0148. The van der Waals surface area contributed by atoms with Crippen molar-refractivity contribution >= 4 is 5.91 Å². The van der Waals surface area contributed by atoms with Gasteiger partial charge in [0.25, 0.3) is 5.91 Å². The summed E-state index contributed by atoms with van der Waals surface area (Å²) in [6.07, 6.45) is 1.84. The highest BCUT2D eigenvalue weighted by Crippen LogP contribution is 2.48. The van der Waals surface area contributed by atoms with Gasteiger partial charge >= 0.3 is 0 Å². The van der Waals surface area contributed by atoms with Crippen molar-refractivity contribution in [1.82, 2.24) is 5.32 Å². The highest BCUT2D eigenvalue weighted by molar-refractivity contribution is 5.79. The molecule has 4 nitrogen and oxygen atoms in total. The first kappa shape index (κ1) is 14.4. The normalized spacial score (nSPS) is 15.0. The van der Waals surface area contributed by atoms with Crippen LogP contribution >= 0.6 is 0 Å². The minimum Gasteiger partial charge on any atom is -0.496 e. The fraction of sp³-hybridized carbons (Fsp3) is 0.278. The topological polar surface area (TPSA) is 47.6 Å². The van der Waals surface area contributed by atoms with E-state index in [2.05, 4.69) is 5.32 Å². The van der Waals surface area contributed by atoms with Gasteiger partial charge in [-0.25, -0.2) is 0 Å². The number of para-hydroxylation sites is 2. The minimum atomic E-state index is -0.302. The van der Waals surface area contributed by atoms with Gasteiger partial charge in [-0.2, -0.15) is 0 Å². The first-order valence-electron chi connectivity index (χ1n) is 7.36. The lowest BCUT2D eigenvalue weighted by Crippen LogP contribution is -2.38. The summed E-state index contributed by atoms with van der Waals surface area (Å²) in [4.78, 5) is 12.2. The molecule has 1 amide bonds. The number of carbonyl (C=O) groups is 1. The lowest BCUT2D eigenvalue weighted by atomic mass is 10.0. The lowest BCUT2D eigenvalue weighted by Gasteiger charge is -2.20. The molecule has 1 aliphatic rings. The number of rotatable bonds is 6. The van der Waals surface area contributed by atoms with E-state index in [0.717, 1.165) is 24.2 Å². The summed E-state index contributed by atoms with van der Waals surface area (Å²) in [5, 5.41) is 3.08. The number of ether oxygens (including phenoxy) is 2. The Morgan fingerprint density at radius 2 is 1.77 bits per heavy atom. The maximum Gasteiger partial charge on any atom is 0.258 e. The van der Waals surface area contributed by atoms with Crippen molar-refractivity contribution in [3.63, 3.8) is 0 Å². The average molecular weight is 297 g/mol. The number of hydrogen-bond acceptors (Lipinski definition) is 3. The Balaban J connectivity index is 1.63. The van der Waals surface area contributed by atoms with Crippen LogP contribution in [0.2, 0.25) is 0 Å². The highest BCUT2D eigenvalue weighted by atomic mass is 16.5. The molecule has 0 bridgehead atoms. The first-order valence-corrected chi connectivity index (χ1v) is 7.36. The number of nitrogens with one attached hydrogen (secondary N) is 1. The SMILES string of the molecule is COc1ccccc1C1(NC(=O)COc2ccccc2)CC1. The minimum absolute atomic E-state index is 0.0148. The average Bonchev–Trinajstić information content (AvgIpc) is 3.34. The van der Waals surface area contributed by atoms with Gasteiger partial charge in [-0.05, 0) is 31.0 Å². The summed E-state index contributed by atoms with van der Waals surface area (Å²) < 4.78 is 10.9. The summed E-state index contributed by atoms with van der Waals surface area (Å²) in [6, 6.07) is 17.2. The Bertz CT molecular complexity index is 650. The molecular formula is C18H19NO3. The third kappa shape index (κ3) is 3.06. The van der Waals surface area contributed by atoms with Crippen LogP contribution in [0.5, 0.6) is 11.5 Å². The molecule has 0 radical (unpaired) electrons. The van der Waals surface area contributed by atoms with E-state index >= 15 is 0 Å². The van der Waals surface area contributed by atoms with Crippen LogP contribution in [0, 0.1) is 0 Å². The molecule has 0 spiro atoms. The molecule has 0 aliphatic heterocycles. The predicted octanol–water partition coefficient (Wildman–Crippen LogP) is 2.88. The molecule has 1 saturated carbocycles. The molecule has 0 aromatic heterocycles. The molecule has 1 fully saturated rings. The molecule has 0 saturated heterocycles. The van der Waals surface area contributed by atoms with Gasteiger partial charge < -0.3 is 14.8 Å². The zero-order valence-corrected chi connectivity index (χ0v) is 12.5. The number of methoxy groups -OCH3 is 1. The van der Waals surface area contributed by atoms with Crippen LogP contribution in [0.15, 0.2) is 54.6 Å². The van der Waals surface area contributed by atoms with E-state index in [1.165, 1.54) is 0 Å². The number of carbonyl (C=O) groups excluding carboxylic acids is 1. The maximum atomic E-state index is 12.2. The zero-order chi connectivity index (χ0) is 15.4. The van der Waals surface area contributed by atoms with E-state index < -0.39 is 0 Å². The molecule has 0 atom stereocenters. The fourth-order valence-electron chi connectivity index (χ4n) is 2.60. The van der Waals surface area contributed by atoms with E-state index in [1.54, 1.807) is 7.11 Å². The third-order valence-electron chi connectivity index (χ3n) is 3.86. The second-order valence-electron chi connectivity index (χ2n) is 5.43. The van der Waals surface area contributed by atoms with Crippen LogP contribution in [-0.4, -0.2) is 19.6 Å². The predicted molar refractivity (Wildman–Crippen MR) is 84.0 cm³/mol. The van der Waals surface area contributed by atoms with Crippen molar-refractivity contribution in [3.8, 4) is 11.5 Å². The van der Waals surface area contributed by atoms with Gasteiger partial charge in [0.15, 0.2) is 6.61 Å². The molecule has 3 rings (SSSR count).